The molecule has 28 heavy (non-hydrogen) atoms. The smallest absolute Gasteiger partial charge is 0.338 e. The predicted molar refractivity (Wildman–Crippen MR) is 104 cm³/mol. The number of aryl methyl sites for hydroxylation is 1. The Morgan fingerprint density at radius 1 is 1.14 bits per heavy atom. The van der Waals surface area contributed by atoms with Crippen molar-refractivity contribution < 1.29 is 24.0 Å². The zero-order chi connectivity index (χ0) is 20.5. The standard InChI is InChI=1S/C20H22N2O6/c1-3-4-11-27-20(24)15-5-7-16(8-6-15)21-19(23)13-28-18-10-9-17(22(25)26)12-14(18)2/h5-10,12H,3-4,11,13H2,1-2H3,(H,21,23). The number of amides is 1. The summed E-state index contributed by atoms with van der Waals surface area (Å²) < 4.78 is 10.5. The van der Waals surface area contributed by atoms with Gasteiger partial charge in [0.25, 0.3) is 11.6 Å². The highest BCUT2D eigenvalue weighted by atomic mass is 16.6. The van der Waals surface area contributed by atoms with Crippen LogP contribution in [-0.2, 0) is 9.53 Å². The lowest BCUT2D eigenvalue weighted by Crippen LogP contribution is -2.20. The van der Waals surface area contributed by atoms with Gasteiger partial charge in [0.2, 0.25) is 0 Å². The average molecular weight is 386 g/mol. The van der Waals surface area contributed by atoms with Crippen molar-refractivity contribution >= 4 is 23.3 Å². The van der Waals surface area contributed by atoms with Gasteiger partial charge in [0.15, 0.2) is 6.61 Å². The van der Waals surface area contributed by atoms with E-state index in [1.54, 1.807) is 31.2 Å². The Balaban J connectivity index is 1.86. The molecule has 0 radical (unpaired) electrons. The third-order valence-electron chi connectivity index (χ3n) is 3.86. The molecule has 0 bridgehead atoms. The lowest BCUT2D eigenvalue weighted by atomic mass is 10.2. The number of benzene rings is 2. The molecule has 0 saturated carbocycles. The molecule has 2 aromatic carbocycles. The van der Waals surface area contributed by atoms with Crippen LogP contribution in [0.4, 0.5) is 11.4 Å². The van der Waals surface area contributed by atoms with E-state index in [0.29, 0.717) is 29.2 Å². The van der Waals surface area contributed by atoms with Gasteiger partial charge in [0, 0.05) is 17.8 Å². The number of hydrogen-bond donors (Lipinski definition) is 1. The highest BCUT2D eigenvalue weighted by Gasteiger charge is 2.11. The van der Waals surface area contributed by atoms with Gasteiger partial charge in [-0.25, -0.2) is 4.79 Å². The molecule has 0 aliphatic heterocycles. The topological polar surface area (TPSA) is 108 Å². The first kappa shape index (κ1) is 20.9. The van der Waals surface area contributed by atoms with Gasteiger partial charge in [-0.2, -0.15) is 0 Å². The van der Waals surface area contributed by atoms with Crippen LogP contribution in [0.3, 0.4) is 0 Å². The van der Waals surface area contributed by atoms with Crippen LogP contribution in [0.15, 0.2) is 42.5 Å². The lowest BCUT2D eigenvalue weighted by molar-refractivity contribution is -0.384. The van der Waals surface area contributed by atoms with E-state index in [9.17, 15) is 19.7 Å². The number of non-ortho nitro benzene ring substituents is 1. The van der Waals surface area contributed by atoms with Gasteiger partial charge >= 0.3 is 5.97 Å². The van der Waals surface area contributed by atoms with Gasteiger partial charge in [0.1, 0.15) is 5.75 Å². The number of hydrogen-bond acceptors (Lipinski definition) is 6. The van der Waals surface area contributed by atoms with Gasteiger partial charge in [-0.1, -0.05) is 13.3 Å². The van der Waals surface area contributed by atoms with Crippen LogP contribution in [-0.4, -0.2) is 30.0 Å². The second-order valence-corrected chi connectivity index (χ2v) is 6.11. The van der Waals surface area contributed by atoms with Crippen molar-refractivity contribution in [3.8, 4) is 5.75 Å². The van der Waals surface area contributed by atoms with Crippen LogP contribution in [0, 0.1) is 17.0 Å². The minimum atomic E-state index is -0.493. The van der Waals surface area contributed by atoms with Crippen LogP contribution in [0.25, 0.3) is 0 Å². The van der Waals surface area contributed by atoms with Crippen LogP contribution in [0.1, 0.15) is 35.7 Å². The van der Waals surface area contributed by atoms with E-state index in [2.05, 4.69) is 5.32 Å². The van der Waals surface area contributed by atoms with Crippen LogP contribution >= 0.6 is 0 Å². The van der Waals surface area contributed by atoms with Gasteiger partial charge in [0.05, 0.1) is 17.1 Å². The lowest BCUT2D eigenvalue weighted by Gasteiger charge is -2.10. The summed E-state index contributed by atoms with van der Waals surface area (Å²) in [5.41, 5.74) is 1.45. The SMILES string of the molecule is CCCCOC(=O)c1ccc(NC(=O)COc2ccc([N+](=O)[O-])cc2C)cc1. The number of carbonyl (C=O) groups is 2. The number of anilines is 1. The number of nitro benzene ring substituents is 1. The molecule has 0 unspecified atom stereocenters. The highest BCUT2D eigenvalue weighted by Crippen LogP contribution is 2.23. The monoisotopic (exact) mass is 386 g/mol. The molecule has 2 rings (SSSR count). The fourth-order valence-corrected chi connectivity index (χ4v) is 2.33. The largest absolute Gasteiger partial charge is 0.483 e. The summed E-state index contributed by atoms with van der Waals surface area (Å²) in [6, 6.07) is 10.5. The highest BCUT2D eigenvalue weighted by molar-refractivity contribution is 5.93. The second-order valence-electron chi connectivity index (χ2n) is 6.11. The van der Waals surface area contributed by atoms with Crippen LogP contribution < -0.4 is 10.1 Å². The Hall–Kier alpha value is -3.42. The van der Waals surface area contributed by atoms with E-state index in [0.717, 1.165) is 12.8 Å². The maximum Gasteiger partial charge on any atom is 0.338 e. The van der Waals surface area contributed by atoms with E-state index in [1.807, 2.05) is 6.92 Å². The normalized spacial score (nSPS) is 10.2. The molecule has 0 aromatic heterocycles. The molecular formula is C20H22N2O6. The van der Waals surface area contributed by atoms with Crippen molar-refractivity contribution in [3.05, 3.63) is 63.7 Å². The molecule has 2 aromatic rings. The Morgan fingerprint density at radius 3 is 2.46 bits per heavy atom. The number of nitrogens with zero attached hydrogens (tertiary/aromatic N) is 1. The van der Waals surface area contributed by atoms with Gasteiger partial charge in [-0.05, 0) is 49.2 Å². The summed E-state index contributed by atoms with van der Waals surface area (Å²) in [5, 5.41) is 13.4. The minimum Gasteiger partial charge on any atom is -0.483 e. The molecule has 0 spiro atoms. The summed E-state index contributed by atoms with van der Waals surface area (Å²) >= 11 is 0. The summed E-state index contributed by atoms with van der Waals surface area (Å²) in [6.07, 6.45) is 1.76. The minimum absolute atomic E-state index is 0.0392. The van der Waals surface area contributed by atoms with E-state index in [-0.39, 0.29) is 12.3 Å². The molecule has 0 fully saturated rings. The molecule has 0 aliphatic carbocycles. The Bertz CT molecular complexity index is 848. The number of unbranched alkanes of at least 4 members (excludes halogenated alkanes) is 1. The molecule has 8 nitrogen and oxygen atoms in total. The first-order valence-electron chi connectivity index (χ1n) is 8.85. The number of nitrogens with one attached hydrogen (secondary N) is 1. The number of carbonyl (C=O) groups excluding carboxylic acids is 2. The Morgan fingerprint density at radius 2 is 1.86 bits per heavy atom. The summed E-state index contributed by atoms with van der Waals surface area (Å²) in [5.74, 6) is -0.398. The molecule has 0 atom stereocenters. The van der Waals surface area contributed by atoms with E-state index in [4.69, 9.17) is 9.47 Å². The number of ether oxygens (including phenoxy) is 2. The van der Waals surface area contributed by atoms with Gasteiger partial charge in [-0.3, -0.25) is 14.9 Å². The molecular weight excluding hydrogens is 364 g/mol. The molecule has 8 heteroatoms. The van der Waals surface area contributed by atoms with Crippen molar-refractivity contribution in [1.82, 2.24) is 0 Å². The molecule has 0 aliphatic rings. The number of esters is 1. The van der Waals surface area contributed by atoms with E-state index >= 15 is 0 Å². The van der Waals surface area contributed by atoms with Crippen molar-refractivity contribution in [2.24, 2.45) is 0 Å². The average Bonchev–Trinajstić information content (AvgIpc) is 2.67. The van der Waals surface area contributed by atoms with E-state index in [1.165, 1.54) is 18.2 Å². The van der Waals surface area contributed by atoms with Crippen molar-refractivity contribution in [3.63, 3.8) is 0 Å². The zero-order valence-corrected chi connectivity index (χ0v) is 15.8. The second kappa shape index (κ2) is 10.1. The summed E-state index contributed by atoms with van der Waals surface area (Å²) in [7, 11) is 0. The first-order chi connectivity index (χ1) is 13.4. The van der Waals surface area contributed by atoms with Crippen molar-refractivity contribution in [2.45, 2.75) is 26.7 Å². The van der Waals surface area contributed by atoms with E-state index < -0.39 is 16.8 Å². The van der Waals surface area contributed by atoms with Crippen molar-refractivity contribution in [1.29, 1.82) is 0 Å². The van der Waals surface area contributed by atoms with Crippen molar-refractivity contribution in [2.75, 3.05) is 18.5 Å². The third kappa shape index (κ3) is 6.08. The van der Waals surface area contributed by atoms with Crippen LogP contribution in [0.2, 0.25) is 0 Å². The number of nitro groups is 1. The number of rotatable bonds is 9. The third-order valence-corrected chi connectivity index (χ3v) is 3.86. The maximum atomic E-state index is 12.0. The van der Waals surface area contributed by atoms with Crippen LogP contribution in [0.5, 0.6) is 5.75 Å². The predicted octanol–water partition coefficient (Wildman–Crippen LogP) is 3.88. The molecule has 0 saturated heterocycles. The van der Waals surface area contributed by atoms with Gasteiger partial charge in [-0.15, -0.1) is 0 Å². The molecule has 1 amide bonds. The fraction of sp³-hybridized carbons (Fsp3) is 0.300. The fourth-order valence-electron chi connectivity index (χ4n) is 2.33. The Labute approximate surface area is 162 Å². The zero-order valence-electron chi connectivity index (χ0n) is 15.8. The molecule has 0 heterocycles. The Kier molecular flexibility index (Phi) is 7.50. The molecule has 148 valence electrons. The maximum absolute atomic E-state index is 12.0. The van der Waals surface area contributed by atoms with Gasteiger partial charge < -0.3 is 14.8 Å². The summed E-state index contributed by atoms with van der Waals surface area (Å²) in [4.78, 5) is 34.1. The first-order valence-corrected chi connectivity index (χ1v) is 8.85. The quantitative estimate of drug-likeness (QED) is 0.303. The summed E-state index contributed by atoms with van der Waals surface area (Å²) in [6.45, 7) is 3.81. The molecule has 1 N–H and O–H groups in total.